The average Bonchev–Trinajstić information content (AvgIpc) is 2.91. The topological polar surface area (TPSA) is 82.7 Å². The number of hydrogen-bond donors (Lipinski definition) is 3. The molecule has 0 aromatic heterocycles. The quantitative estimate of drug-likeness (QED) is 0.569. The fourth-order valence-electron chi connectivity index (χ4n) is 4.24. The lowest BCUT2D eigenvalue weighted by Gasteiger charge is -2.22. The van der Waals surface area contributed by atoms with Gasteiger partial charge in [0, 0.05) is 38.2 Å². The molecule has 3 rings (SSSR count). The molecule has 1 fully saturated rings. The van der Waals surface area contributed by atoms with Crippen LogP contribution in [0.4, 0.5) is 0 Å². The zero-order valence-electron chi connectivity index (χ0n) is 21.4. The standard InChI is InChI=1S/C29H40N4O3/c1-36-26-14-11-24(12-15-26)13-16-29(35)33-21-6-5-17-30-18-7-19-31-27(25-9-3-2-4-10-25)23-28(34)32-20-8-22-33/h2-4,9-16,27,30-31H,5-8,17-23H2,1H3,(H,32,34)/b16-13+/t27-/m0/s1. The molecule has 0 unspecified atom stereocenters. The van der Waals surface area contributed by atoms with Gasteiger partial charge in [-0.1, -0.05) is 42.5 Å². The maximum atomic E-state index is 12.9. The van der Waals surface area contributed by atoms with E-state index >= 15 is 0 Å². The lowest BCUT2D eigenvalue weighted by atomic mass is 10.0. The third-order valence-electron chi connectivity index (χ3n) is 6.32. The van der Waals surface area contributed by atoms with E-state index in [2.05, 4.69) is 28.1 Å². The van der Waals surface area contributed by atoms with E-state index in [-0.39, 0.29) is 17.9 Å². The Hall–Kier alpha value is -3.16. The fourth-order valence-corrected chi connectivity index (χ4v) is 4.24. The van der Waals surface area contributed by atoms with Crippen molar-refractivity contribution in [2.75, 3.05) is 46.4 Å². The predicted molar refractivity (Wildman–Crippen MR) is 145 cm³/mol. The van der Waals surface area contributed by atoms with E-state index in [4.69, 9.17) is 4.74 Å². The Morgan fingerprint density at radius 1 is 0.917 bits per heavy atom. The predicted octanol–water partition coefficient (Wildman–Crippen LogP) is 3.54. The highest BCUT2D eigenvalue weighted by atomic mass is 16.5. The summed E-state index contributed by atoms with van der Waals surface area (Å²) in [6.45, 7) is 4.58. The Morgan fingerprint density at radius 3 is 2.44 bits per heavy atom. The van der Waals surface area contributed by atoms with Crippen LogP contribution in [0.25, 0.3) is 6.08 Å². The van der Waals surface area contributed by atoms with Crippen molar-refractivity contribution in [2.24, 2.45) is 0 Å². The second-order valence-corrected chi connectivity index (χ2v) is 9.07. The van der Waals surface area contributed by atoms with E-state index in [1.165, 1.54) is 0 Å². The Kier molecular flexibility index (Phi) is 12.0. The van der Waals surface area contributed by atoms with Crippen LogP contribution in [0.5, 0.6) is 5.75 Å². The summed E-state index contributed by atoms with van der Waals surface area (Å²) in [7, 11) is 1.64. The molecule has 7 nitrogen and oxygen atoms in total. The first-order chi connectivity index (χ1) is 17.7. The van der Waals surface area contributed by atoms with Gasteiger partial charge in [0.05, 0.1) is 7.11 Å². The zero-order chi connectivity index (χ0) is 25.4. The summed E-state index contributed by atoms with van der Waals surface area (Å²) in [5, 5.41) is 10.1. The van der Waals surface area contributed by atoms with Gasteiger partial charge in [-0.2, -0.15) is 0 Å². The molecular weight excluding hydrogens is 452 g/mol. The molecule has 0 bridgehead atoms. The number of amides is 2. The van der Waals surface area contributed by atoms with Crippen molar-refractivity contribution in [1.82, 2.24) is 20.9 Å². The summed E-state index contributed by atoms with van der Waals surface area (Å²) in [6.07, 6.45) is 7.53. The molecule has 1 heterocycles. The van der Waals surface area contributed by atoms with Crippen LogP contribution in [0.3, 0.4) is 0 Å². The number of nitrogens with one attached hydrogen (secondary N) is 3. The number of rotatable bonds is 4. The van der Waals surface area contributed by atoms with Crippen LogP contribution in [0.15, 0.2) is 60.7 Å². The van der Waals surface area contributed by atoms with Crippen LogP contribution >= 0.6 is 0 Å². The lowest BCUT2D eigenvalue weighted by Crippen LogP contribution is -2.35. The normalized spacial score (nSPS) is 19.4. The molecule has 0 saturated carbocycles. The minimum Gasteiger partial charge on any atom is -0.497 e. The summed E-state index contributed by atoms with van der Waals surface area (Å²) < 4.78 is 5.19. The summed E-state index contributed by atoms with van der Waals surface area (Å²) in [6, 6.07) is 17.7. The number of hydrogen-bond acceptors (Lipinski definition) is 5. The Bertz CT molecular complexity index is 947. The maximum absolute atomic E-state index is 12.9. The molecule has 2 aromatic rings. The molecule has 2 amide bonds. The molecule has 3 N–H and O–H groups in total. The second kappa shape index (κ2) is 15.8. The van der Waals surface area contributed by atoms with E-state index in [1.54, 1.807) is 13.2 Å². The van der Waals surface area contributed by atoms with Crippen molar-refractivity contribution in [3.8, 4) is 5.75 Å². The molecule has 1 aliphatic rings. The number of ether oxygens (including phenoxy) is 1. The number of benzene rings is 2. The van der Waals surface area contributed by atoms with Crippen LogP contribution in [0.1, 0.15) is 49.3 Å². The zero-order valence-corrected chi connectivity index (χ0v) is 21.4. The lowest BCUT2D eigenvalue weighted by molar-refractivity contribution is -0.126. The van der Waals surface area contributed by atoms with E-state index in [0.29, 0.717) is 26.1 Å². The van der Waals surface area contributed by atoms with Crippen LogP contribution < -0.4 is 20.7 Å². The van der Waals surface area contributed by atoms with E-state index in [9.17, 15) is 9.59 Å². The summed E-state index contributed by atoms with van der Waals surface area (Å²) >= 11 is 0. The number of methoxy groups -OCH3 is 1. The first kappa shape index (κ1) is 27.4. The molecular formula is C29H40N4O3. The SMILES string of the molecule is COc1ccc(/C=C/C(=O)N2CCCCNCCCN[C@H](c3ccccc3)CC(=O)NCCC2)cc1. The monoisotopic (exact) mass is 492 g/mol. The molecule has 7 heteroatoms. The van der Waals surface area contributed by atoms with Crippen LogP contribution in [0.2, 0.25) is 0 Å². The van der Waals surface area contributed by atoms with Gasteiger partial charge in [-0.15, -0.1) is 0 Å². The molecule has 194 valence electrons. The summed E-state index contributed by atoms with van der Waals surface area (Å²) in [5.74, 6) is 0.810. The Morgan fingerprint density at radius 2 is 1.67 bits per heavy atom. The van der Waals surface area contributed by atoms with Crippen molar-refractivity contribution in [1.29, 1.82) is 0 Å². The third-order valence-corrected chi connectivity index (χ3v) is 6.32. The molecule has 0 spiro atoms. The van der Waals surface area contributed by atoms with Gasteiger partial charge in [-0.25, -0.2) is 0 Å². The molecule has 1 aliphatic heterocycles. The van der Waals surface area contributed by atoms with Crippen LogP contribution in [-0.2, 0) is 9.59 Å². The van der Waals surface area contributed by atoms with Gasteiger partial charge in [-0.3, -0.25) is 9.59 Å². The van der Waals surface area contributed by atoms with Gasteiger partial charge in [0.15, 0.2) is 0 Å². The highest BCUT2D eigenvalue weighted by molar-refractivity contribution is 5.91. The maximum Gasteiger partial charge on any atom is 0.246 e. The Labute approximate surface area is 215 Å². The van der Waals surface area contributed by atoms with Gasteiger partial charge in [0.1, 0.15) is 5.75 Å². The molecule has 1 atom stereocenters. The smallest absolute Gasteiger partial charge is 0.246 e. The largest absolute Gasteiger partial charge is 0.497 e. The van der Waals surface area contributed by atoms with Gasteiger partial charge in [-0.05, 0) is 74.7 Å². The fraction of sp³-hybridized carbons (Fsp3) is 0.448. The van der Waals surface area contributed by atoms with Crippen molar-refractivity contribution in [3.05, 3.63) is 71.8 Å². The molecule has 2 aromatic carbocycles. The van der Waals surface area contributed by atoms with Gasteiger partial charge in [0.25, 0.3) is 0 Å². The summed E-state index contributed by atoms with van der Waals surface area (Å²) in [5.41, 5.74) is 2.08. The number of carbonyl (C=O) groups is 2. The van der Waals surface area contributed by atoms with E-state index in [1.807, 2.05) is 53.4 Å². The molecule has 1 saturated heterocycles. The summed E-state index contributed by atoms with van der Waals surface area (Å²) in [4.78, 5) is 27.5. The minimum absolute atomic E-state index is 0.00337. The highest BCUT2D eigenvalue weighted by Crippen LogP contribution is 2.16. The van der Waals surface area contributed by atoms with Crippen LogP contribution in [0, 0.1) is 0 Å². The van der Waals surface area contributed by atoms with Crippen LogP contribution in [-0.4, -0.2) is 63.1 Å². The highest BCUT2D eigenvalue weighted by Gasteiger charge is 2.16. The Balaban J connectivity index is 1.57. The van der Waals surface area contributed by atoms with Gasteiger partial charge < -0.3 is 25.6 Å². The van der Waals surface area contributed by atoms with Gasteiger partial charge in [0.2, 0.25) is 11.8 Å². The van der Waals surface area contributed by atoms with Gasteiger partial charge >= 0.3 is 0 Å². The first-order valence-electron chi connectivity index (χ1n) is 13.0. The molecule has 36 heavy (non-hydrogen) atoms. The van der Waals surface area contributed by atoms with Crippen molar-refractivity contribution in [3.63, 3.8) is 0 Å². The average molecular weight is 493 g/mol. The van der Waals surface area contributed by atoms with Crippen molar-refractivity contribution < 1.29 is 14.3 Å². The number of carbonyl (C=O) groups excluding carboxylic acids is 2. The number of nitrogens with zero attached hydrogens (tertiary/aromatic N) is 1. The molecule has 0 radical (unpaired) electrons. The van der Waals surface area contributed by atoms with E-state index < -0.39 is 0 Å². The second-order valence-electron chi connectivity index (χ2n) is 9.07. The van der Waals surface area contributed by atoms with Crippen molar-refractivity contribution >= 4 is 17.9 Å². The third kappa shape index (κ3) is 9.84. The van der Waals surface area contributed by atoms with Crippen molar-refractivity contribution in [2.45, 2.75) is 38.1 Å². The minimum atomic E-state index is -0.0111. The molecule has 0 aliphatic carbocycles. The van der Waals surface area contributed by atoms with E-state index in [0.717, 1.165) is 62.2 Å². The first-order valence-corrected chi connectivity index (χ1v) is 13.0.